The molecule has 0 radical (unpaired) electrons. The van der Waals surface area contributed by atoms with Gasteiger partial charge in [0, 0.05) is 47.0 Å². The number of carbonyl (C=O) groups is 1. The van der Waals surface area contributed by atoms with Gasteiger partial charge >= 0.3 is 0 Å². The average molecular weight is 441 g/mol. The third-order valence-electron chi connectivity index (χ3n) is 6.90. The van der Waals surface area contributed by atoms with E-state index in [9.17, 15) is 9.18 Å². The molecule has 2 aromatic heterocycles. The van der Waals surface area contributed by atoms with Gasteiger partial charge in [-0.15, -0.1) is 0 Å². The van der Waals surface area contributed by atoms with E-state index >= 15 is 0 Å². The molecule has 1 aliphatic carbocycles. The first-order valence-corrected chi connectivity index (χ1v) is 11.5. The van der Waals surface area contributed by atoms with Gasteiger partial charge in [0.05, 0.1) is 5.69 Å². The molecule has 2 aliphatic rings. The normalized spacial score (nSPS) is 15.7. The number of H-pyrrole nitrogens is 1. The minimum absolute atomic E-state index is 0.00955. The van der Waals surface area contributed by atoms with Crippen LogP contribution >= 0.6 is 0 Å². The maximum atomic E-state index is 13.5. The highest BCUT2D eigenvalue weighted by Gasteiger charge is 2.30. The number of carbonyl (C=O) groups excluding carboxylic acids is 1. The minimum atomic E-state index is -0.247. The standard InChI is InChI=1S/C27H25FN4O/c1-17-5-8-20(9-6-17)32-25-4-2-3-22(25)26(30-32)27(33)31-13-11-18(12-14-31)23-16-29-24-15-19(28)7-10-21(23)24/h5-11,15-16,29H,2-4,12-14H2,1H3. The van der Waals surface area contributed by atoms with Crippen LogP contribution in [-0.4, -0.2) is 38.7 Å². The van der Waals surface area contributed by atoms with Crippen molar-refractivity contribution in [2.24, 2.45) is 0 Å². The first-order valence-electron chi connectivity index (χ1n) is 11.5. The lowest BCUT2D eigenvalue weighted by Gasteiger charge is -2.26. The van der Waals surface area contributed by atoms with E-state index in [2.05, 4.69) is 42.2 Å². The van der Waals surface area contributed by atoms with Crippen molar-refractivity contribution in [3.63, 3.8) is 0 Å². The second-order valence-electron chi connectivity index (χ2n) is 9.00. The predicted octanol–water partition coefficient (Wildman–Crippen LogP) is 5.22. The van der Waals surface area contributed by atoms with Crippen molar-refractivity contribution in [1.82, 2.24) is 19.7 Å². The van der Waals surface area contributed by atoms with Gasteiger partial charge in [-0.1, -0.05) is 23.8 Å². The zero-order chi connectivity index (χ0) is 22.5. The molecule has 6 heteroatoms. The molecule has 0 saturated carbocycles. The lowest BCUT2D eigenvalue weighted by Crippen LogP contribution is -2.35. The van der Waals surface area contributed by atoms with E-state index in [1.165, 1.54) is 29.0 Å². The number of rotatable bonds is 3. The van der Waals surface area contributed by atoms with E-state index in [-0.39, 0.29) is 11.7 Å². The van der Waals surface area contributed by atoms with Crippen LogP contribution in [0.4, 0.5) is 4.39 Å². The summed E-state index contributed by atoms with van der Waals surface area (Å²) in [5, 5.41) is 5.80. The van der Waals surface area contributed by atoms with E-state index < -0.39 is 0 Å². The highest BCUT2D eigenvalue weighted by Crippen LogP contribution is 2.32. The molecular formula is C27H25FN4O. The van der Waals surface area contributed by atoms with Crippen LogP contribution in [0.2, 0.25) is 0 Å². The van der Waals surface area contributed by atoms with E-state index in [0.717, 1.165) is 53.4 Å². The van der Waals surface area contributed by atoms with E-state index in [4.69, 9.17) is 5.10 Å². The lowest BCUT2D eigenvalue weighted by molar-refractivity contribution is 0.0765. The molecule has 3 heterocycles. The highest BCUT2D eigenvalue weighted by atomic mass is 19.1. The van der Waals surface area contributed by atoms with Crippen LogP contribution in [0.1, 0.15) is 45.7 Å². The largest absolute Gasteiger partial charge is 0.360 e. The lowest BCUT2D eigenvalue weighted by atomic mass is 9.98. The van der Waals surface area contributed by atoms with Gasteiger partial charge in [-0.25, -0.2) is 9.07 Å². The monoisotopic (exact) mass is 440 g/mol. The molecule has 4 aromatic rings. The molecule has 2 aromatic carbocycles. The SMILES string of the molecule is Cc1ccc(-n2nc(C(=O)N3CC=C(c4c[nH]c5cc(F)ccc45)CC3)c3c2CCC3)cc1. The number of aromatic nitrogens is 3. The Morgan fingerprint density at radius 2 is 1.94 bits per heavy atom. The number of amides is 1. The Hall–Kier alpha value is -3.67. The Morgan fingerprint density at radius 3 is 2.73 bits per heavy atom. The van der Waals surface area contributed by atoms with Crippen LogP contribution in [0, 0.1) is 12.7 Å². The molecule has 0 bridgehead atoms. The summed E-state index contributed by atoms with van der Waals surface area (Å²) in [6, 6.07) is 13.1. The summed E-state index contributed by atoms with van der Waals surface area (Å²) in [6.45, 7) is 3.26. The molecule has 5 nitrogen and oxygen atoms in total. The van der Waals surface area contributed by atoms with E-state index in [1.807, 2.05) is 21.8 Å². The molecular weight excluding hydrogens is 415 g/mol. The highest BCUT2D eigenvalue weighted by molar-refractivity contribution is 5.96. The molecule has 0 unspecified atom stereocenters. The second kappa shape index (κ2) is 7.73. The molecule has 33 heavy (non-hydrogen) atoms. The summed E-state index contributed by atoms with van der Waals surface area (Å²) in [5.41, 5.74) is 8.15. The smallest absolute Gasteiger partial charge is 0.274 e. The number of aryl methyl sites for hydroxylation is 1. The van der Waals surface area contributed by atoms with Crippen LogP contribution in [0.25, 0.3) is 22.2 Å². The summed E-state index contributed by atoms with van der Waals surface area (Å²) < 4.78 is 15.5. The Balaban J connectivity index is 1.27. The van der Waals surface area contributed by atoms with Crippen molar-refractivity contribution < 1.29 is 9.18 Å². The second-order valence-corrected chi connectivity index (χ2v) is 9.00. The van der Waals surface area contributed by atoms with Crippen molar-refractivity contribution in [3.05, 3.63) is 88.6 Å². The molecule has 166 valence electrons. The summed E-state index contributed by atoms with van der Waals surface area (Å²) in [6.07, 6.45) is 7.73. The molecule has 0 atom stereocenters. The molecule has 1 N–H and O–H groups in total. The number of aromatic amines is 1. The number of fused-ring (bicyclic) bond motifs is 2. The van der Waals surface area contributed by atoms with Gasteiger partial charge in [0.15, 0.2) is 5.69 Å². The minimum Gasteiger partial charge on any atom is -0.360 e. The number of benzene rings is 2. The fourth-order valence-electron chi connectivity index (χ4n) is 5.12. The number of halogens is 1. The van der Waals surface area contributed by atoms with E-state index in [0.29, 0.717) is 18.8 Å². The summed E-state index contributed by atoms with van der Waals surface area (Å²) in [4.78, 5) is 18.5. The van der Waals surface area contributed by atoms with Crippen LogP contribution in [0.3, 0.4) is 0 Å². The maximum absolute atomic E-state index is 13.5. The zero-order valence-electron chi connectivity index (χ0n) is 18.6. The van der Waals surface area contributed by atoms with Crippen LogP contribution in [-0.2, 0) is 12.8 Å². The third kappa shape index (κ3) is 3.37. The Morgan fingerprint density at radius 1 is 1.09 bits per heavy atom. The summed E-state index contributed by atoms with van der Waals surface area (Å²) in [7, 11) is 0. The Kier molecular flexibility index (Phi) is 4.68. The quantitative estimate of drug-likeness (QED) is 0.475. The van der Waals surface area contributed by atoms with Crippen molar-refractivity contribution in [1.29, 1.82) is 0 Å². The number of hydrogen-bond acceptors (Lipinski definition) is 2. The van der Waals surface area contributed by atoms with Crippen molar-refractivity contribution in [2.45, 2.75) is 32.6 Å². The van der Waals surface area contributed by atoms with Crippen molar-refractivity contribution >= 4 is 22.4 Å². The van der Waals surface area contributed by atoms with Gasteiger partial charge in [0.1, 0.15) is 5.82 Å². The first-order chi connectivity index (χ1) is 16.1. The topological polar surface area (TPSA) is 53.9 Å². The molecule has 1 aliphatic heterocycles. The van der Waals surface area contributed by atoms with Gasteiger partial charge in [-0.3, -0.25) is 4.79 Å². The fraction of sp³-hybridized carbons (Fsp3) is 0.259. The van der Waals surface area contributed by atoms with Gasteiger partial charge in [-0.2, -0.15) is 5.10 Å². The van der Waals surface area contributed by atoms with Crippen LogP contribution in [0.15, 0.2) is 54.7 Å². The van der Waals surface area contributed by atoms with Gasteiger partial charge in [0.25, 0.3) is 5.91 Å². The maximum Gasteiger partial charge on any atom is 0.274 e. The van der Waals surface area contributed by atoms with Crippen LogP contribution < -0.4 is 0 Å². The summed E-state index contributed by atoms with van der Waals surface area (Å²) in [5.74, 6) is -0.238. The third-order valence-corrected chi connectivity index (χ3v) is 6.90. The Bertz CT molecular complexity index is 1410. The van der Waals surface area contributed by atoms with E-state index in [1.54, 1.807) is 0 Å². The van der Waals surface area contributed by atoms with Gasteiger partial charge in [-0.05, 0) is 68.5 Å². The van der Waals surface area contributed by atoms with Gasteiger partial charge < -0.3 is 9.88 Å². The molecule has 0 spiro atoms. The predicted molar refractivity (Wildman–Crippen MR) is 127 cm³/mol. The Labute approximate surface area is 191 Å². The molecule has 1 amide bonds. The van der Waals surface area contributed by atoms with Crippen molar-refractivity contribution in [2.75, 3.05) is 13.1 Å². The zero-order valence-corrected chi connectivity index (χ0v) is 18.6. The van der Waals surface area contributed by atoms with Gasteiger partial charge in [0.2, 0.25) is 0 Å². The molecule has 0 fully saturated rings. The fourth-order valence-corrected chi connectivity index (χ4v) is 5.12. The number of nitrogens with one attached hydrogen (secondary N) is 1. The number of hydrogen-bond donors (Lipinski definition) is 1. The van der Waals surface area contributed by atoms with Crippen LogP contribution in [0.5, 0.6) is 0 Å². The average Bonchev–Trinajstić information content (AvgIpc) is 3.54. The summed E-state index contributed by atoms with van der Waals surface area (Å²) >= 11 is 0. The number of nitrogens with zero attached hydrogens (tertiary/aromatic N) is 3. The van der Waals surface area contributed by atoms with Crippen molar-refractivity contribution in [3.8, 4) is 5.69 Å². The molecule has 6 rings (SSSR count). The molecule has 0 saturated heterocycles. The first kappa shape index (κ1) is 20.0.